The van der Waals surface area contributed by atoms with Crippen LogP contribution in [0.15, 0.2) is 10.7 Å². The van der Waals surface area contributed by atoms with Gasteiger partial charge in [0.1, 0.15) is 0 Å². The third-order valence-electron chi connectivity index (χ3n) is 1.79. The number of hydrogen-bond donors (Lipinski definition) is 2. The molecule has 1 heterocycles. The Morgan fingerprint density at radius 1 is 1.57 bits per heavy atom. The fraction of sp³-hybridized carbons (Fsp3) is 0.556. The zero-order valence-electron chi connectivity index (χ0n) is 8.46. The Morgan fingerprint density at radius 2 is 2.36 bits per heavy atom. The van der Waals surface area contributed by atoms with E-state index >= 15 is 0 Å². The topological polar surface area (TPSA) is 67.2 Å². The molecule has 0 unspecified atom stereocenters. The first-order valence-electron chi connectivity index (χ1n) is 4.66. The molecule has 0 bridgehead atoms. The van der Waals surface area contributed by atoms with Gasteiger partial charge in [-0.3, -0.25) is 4.79 Å². The van der Waals surface area contributed by atoms with E-state index in [0.29, 0.717) is 12.3 Å². The van der Waals surface area contributed by atoms with E-state index in [4.69, 9.17) is 4.52 Å². The van der Waals surface area contributed by atoms with Crippen molar-refractivity contribution in [1.82, 2.24) is 15.8 Å². The molecular weight excluding hydrogens is 182 g/mol. The molecule has 0 aromatic carbocycles. The first-order chi connectivity index (χ1) is 6.75. The summed E-state index contributed by atoms with van der Waals surface area (Å²) >= 11 is 0. The van der Waals surface area contributed by atoms with Crippen LogP contribution in [-0.2, 0) is 0 Å². The molecule has 14 heavy (non-hydrogen) atoms. The van der Waals surface area contributed by atoms with E-state index in [1.807, 2.05) is 6.92 Å². The molecule has 0 atom stereocenters. The molecule has 1 amide bonds. The zero-order valence-corrected chi connectivity index (χ0v) is 8.46. The minimum Gasteiger partial charge on any atom is -0.351 e. The van der Waals surface area contributed by atoms with Gasteiger partial charge in [-0.2, -0.15) is 0 Å². The van der Waals surface area contributed by atoms with Gasteiger partial charge < -0.3 is 15.2 Å². The van der Waals surface area contributed by atoms with Gasteiger partial charge >= 0.3 is 0 Å². The van der Waals surface area contributed by atoms with Crippen molar-refractivity contribution in [2.75, 3.05) is 19.6 Å². The Balaban J connectivity index is 2.32. The van der Waals surface area contributed by atoms with E-state index in [0.717, 1.165) is 18.7 Å². The highest BCUT2D eigenvalue weighted by Crippen LogP contribution is 2.04. The van der Waals surface area contributed by atoms with Gasteiger partial charge in [0.15, 0.2) is 0 Å². The maximum absolute atomic E-state index is 11.4. The van der Waals surface area contributed by atoms with Crippen molar-refractivity contribution < 1.29 is 9.32 Å². The van der Waals surface area contributed by atoms with Crippen molar-refractivity contribution in [3.8, 4) is 0 Å². The molecule has 0 saturated heterocycles. The van der Waals surface area contributed by atoms with Crippen LogP contribution in [0.3, 0.4) is 0 Å². The predicted molar refractivity (Wildman–Crippen MR) is 52.1 cm³/mol. The number of hydrogen-bond acceptors (Lipinski definition) is 4. The van der Waals surface area contributed by atoms with Crippen LogP contribution >= 0.6 is 0 Å². The van der Waals surface area contributed by atoms with E-state index in [2.05, 4.69) is 15.8 Å². The van der Waals surface area contributed by atoms with E-state index in [1.165, 1.54) is 6.20 Å². The Kier molecular flexibility index (Phi) is 4.12. The van der Waals surface area contributed by atoms with Gasteiger partial charge in [0.2, 0.25) is 5.76 Å². The molecule has 2 N–H and O–H groups in total. The number of aryl methyl sites for hydroxylation is 1. The SMILES string of the molecule is CCNCCNC(=O)c1oncc1C. The Hall–Kier alpha value is -1.36. The van der Waals surface area contributed by atoms with E-state index in [1.54, 1.807) is 6.92 Å². The quantitative estimate of drug-likeness (QED) is 0.667. The molecule has 0 fully saturated rings. The fourth-order valence-corrected chi connectivity index (χ4v) is 1.03. The van der Waals surface area contributed by atoms with Crippen molar-refractivity contribution >= 4 is 5.91 Å². The molecule has 1 aromatic heterocycles. The summed E-state index contributed by atoms with van der Waals surface area (Å²) in [5, 5.41) is 9.36. The maximum atomic E-state index is 11.4. The highest BCUT2D eigenvalue weighted by molar-refractivity contribution is 5.92. The van der Waals surface area contributed by atoms with E-state index in [9.17, 15) is 4.79 Å². The lowest BCUT2D eigenvalue weighted by atomic mass is 10.3. The molecule has 0 saturated carbocycles. The third-order valence-corrected chi connectivity index (χ3v) is 1.79. The minimum atomic E-state index is -0.210. The second-order valence-corrected chi connectivity index (χ2v) is 2.95. The zero-order chi connectivity index (χ0) is 10.4. The van der Waals surface area contributed by atoms with Crippen LogP contribution in [-0.4, -0.2) is 30.7 Å². The lowest BCUT2D eigenvalue weighted by Gasteiger charge is -2.03. The van der Waals surface area contributed by atoms with Crippen LogP contribution in [0.2, 0.25) is 0 Å². The van der Waals surface area contributed by atoms with Crippen LogP contribution in [0.25, 0.3) is 0 Å². The second kappa shape index (κ2) is 5.39. The summed E-state index contributed by atoms with van der Waals surface area (Å²) in [5.41, 5.74) is 0.756. The summed E-state index contributed by atoms with van der Waals surface area (Å²) in [7, 11) is 0. The van der Waals surface area contributed by atoms with E-state index < -0.39 is 0 Å². The number of nitrogens with one attached hydrogen (secondary N) is 2. The molecule has 1 rings (SSSR count). The number of carbonyl (C=O) groups is 1. The number of rotatable bonds is 5. The third kappa shape index (κ3) is 2.85. The van der Waals surface area contributed by atoms with Gasteiger partial charge in [-0.1, -0.05) is 12.1 Å². The van der Waals surface area contributed by atoms with Crippen LogP contribution in [0.5, 0.6) is 0 Å². The van der Waals surface area contributed by atoms with Crippen molar-refractivity contribution in [2.24, 2.45) is 0 Å². The Bertz CT molecular complexity index is 296. The number of nitrogens with zero attached hydrogens (tertiary/aromatic N) is 1. The number of aromatic nitrogens is 1. The molecule has 0 spiro atoms. The lowest BCUT2D eigenvalue weighted by molar-refractivity contribution is 0.0916. The first kappa shape index (κ1) is 10.7. The summed E-state index contributed by atoms with van der Waals surface area (Å²) in [6.07, 6.45) is 1.53. The van der Waals surface area contributed by atoms with Crippen LogP contribution in [0, 0.1) is 6.92 Å². The Labute approximate surface area is 82.8 Å². The summed E-state index contributed by atoms with van der Waals surface area (Å²) in [4.78, 5) is 11.4. The van der Waals surface area contributed by atoms with Gasteiger partial charge in [0.05, 0.1) is 6.20 Å². The summed E-state index contributed by atoms with van der Waals surface area (Å²) in [6, 6.07) is 0. The summed E-state index contributed by atoms with van der Waals surface area (Å²) < 4.78 is 4.80. The molecule has 0 aliphatic rings. The van der Waals surface area contributed by atoms with Crippen molar-refractivity contribution in [2.45, 2.75) is 13.8 Å². The molecule has 0 aliphatic heterocycles. The van der Waals surface area contributed by atoms with Gasteiger partial charge in [-0.25, -0.2) is 0 Å². The van der Waals surface area contributed by atoms with Gasteiger partial charge in [-0.15, -0.1) is 0 Å². The standard InChI is InChI=1S/C9H15N3O2/c1-3-10-4-5-11-9(13)8-7(2)6-12-14-8/h6,10H,3-5H2,1-2H3,(H,11,13). The molecule has 0 aliphatic carbocycles. The summed E-state index contributed by atoms with van der Waals surface area (Å²) in [5.74, 6) is 0.0828. The van der Waals surface area contributed by atoms with Crippen LogP contribution in [0.1, 0.15) is 23.0 Å². The largest absolute Gasteiger partial charge is 0.351 e. The average molecular weight is 197 g/mol. The Morgan fingerprint density at radius 3 is 2.93 bits per heavy atom. The summed E-state index contributed by atoms with van der Waals surface area (Å²) in [6.45, 7) is 6.05. The monoisotopic (exact) mass is 197 g/mol. The minimum absolute atomic E-state index is 0.210. The number of likely N-dealkylation sites (N-methyl/N-ethyl adjacent to an activating group) is 1. The van der Waals surface area contributed by atoms with Gasteiger partial charge in [0, 0.05) is 18.7 Å². The number of amides is 1. The predicted octanol–water partition coefficient (Wildman–Crippen LogP) is 0.322. The molecule has 1 aromatic rings. The van der Waals surface area contributed by atoms with Crippen LogP contribution < -0.4 is 10.6 Å². The maximum Gasteiger partial charge on any atom is 0.290 e. The van der Waals surface area contributed by atoms with Crippen molar-refractivity contribution in [3.05, 3.63) is 17.5 Å². The van der Waals surface area contributed by atoms with E-state index in [-0.39, 0.29) is 5.91 Å². The normalized spacial score (nSPS) is 10.1. The van der Waals surface area contributed by atoms with Crippen molar-refractivity contribution in [3.63, 3.8) is 0 Å². The fourth-order valence-electron chi connectivity index (χ4n) is 1.03. The van der Waals surface area contributed by atoms with Crippen LogP contribution in [0.4, 0.5) is 0 Å². The van der Waals surface area contributed by atoms with Gasteiger partial charge in [0.25, 0.3) is 5.91 Å². The van der Waals surface area contributed by atoms with Crippen molar-refractivity contribution in [1.29, 1.82) is 0 Å². The second-order valence-electron chi connectivity index (χ2n) is 2.95. The molecular formula is C9H15N3O2. The molecule has 5 nitrogen and oxygen atoms in total. The highest BCUT2D eigenvalue weighted by Gasteiger charge is 2.12. The highest BCUT2D eigenvalue weighted by atomic mass is 16.5. The first-order valence-corrected chi connectivity index (χ1v) is 4.66. The van der Waals surface area contributed by atoms with Gasteiger partial charge in [-0.05, 0) is 13.5 Å². The molecule has 78 valence electrons. The smallest absolute Gasteiger partial charge is 0.290 e. The molecule has 5 heteroatoms. The number of carbonyl (C=O) groups excluding carboxylic acids is 1. The lowest BCUT2D eigenvalue weighted by Crippen LogP contribution is -2.31. The molecule has 0 radical (unpaired) electrons. The average Bonchev–Trinajstić information content (AvgIpc) is 2.59.